The molecule has 0 aromatic heterocycles. The predicted molar refractivity (Wildman–Crippen MR) is 53.4 cm³/mol. The van der Waals surface area contributed by atoms with Crippen LogP contribution >= 0.6 is 0 Å². The summed E-state index contributed by atoms with van der Waals surface area (Å²) in [6, 6.07) is 4.91. The van der Waals surface area contributed by atoms with Crippen LogP contribution in [-0.2, 0) is 5.60 Å². The molecule has 0 spiro atoms. The Morgan fingerprint density at radius 1 is 1.43 bits per heavy atom. The van der Waals surface area contributed by atoms with Gasteiger partial charge in [0.25, 0.3) is 0 Å². The van der Waals surface area contributed by atoms with Crippen LogP contribution in [-0.4, -0.2) is 5.11 Å². The van der Waals surface area contributed by atoms with Crippen LogP contribution < -0.4 is 0 Å². The summed E-state index contributed by atoms with van der Waals surface area (Å²) in [5.74, 6) is 0.213. The Balaban J connectivity index is 2.36. The molecule has 1 nitrogen and oxygen atoms in total. The minimum absolute atomic E-state index is 0.287. The summed E-state index contributed by atoms with van der Waals surface area (Å²) in [6.45, 7) is 3.98. The Labute approximate surface area is 83.6 Å². The number of hydrogen-bond donors (Lipinski definition) is 1. The molecule has 1 aromatic carbocycles. The van der Waals surface area contributed by atoms with E-state index in [0.717, 1.165) is 5.56 Å². The van der Waals surface area contributed by atoms with Crippen molar-refractivity contribution in [1.29, 1.82) is 0 Å². The molecule has 1 aromatic rings. The molecule has 76 valence electrons. The van der Waals surface area contributed by atoms with E-state index in [1.54, 1.807) is 12.1 Å². The Morgan fingerprint density at radius 2 is 2.07 bits per heavy atom. The van der Waals surface area contributed by atoms with Gasteiger partial charge < -0.3 is 5.11 Å². The summed E-state index contributed by atoms with van der Waals surface area (Å²) in [5, 5.41) is 10.1. The van der Waals surface area contributed by atoms with Gasteiger partial charge in [0.05, 0.1) is 5.60 Å². The van der Waals surface area contributed by atoms with E-state index in [0.29, 0.717) is 24.3 Å². The second kappa shape index (κ2) is 3.06. The molecule has 1 saturated carbocycles. The van der Waals surface area contributed by atoms with E-state index in [4.69, 9.17) is 0 Å². The Bertz CT molecular complexity index is 353. The molecule has 1 fully saturated rings. The molecule has 1 aliphatic carbocycles. The van der Waals surface area contributed by atoms with Crippen LogP contribution in [0.1, 0.15) is 30.9 Å². The summed E-state index contributed by atoms with van der Waals surface area (Å²) < 4.78 is 13.5. The van der Waals surface area contributed by atoms with Crippen molar-refractivity contribution in [2.75, 3.05) is 0 Å². The Hall–Kier alpha value is -0.890. The van der Waals surface area contributed by atoms with Gasteiger partial charge in [-0.2, -0.15) is 0 Å². The summed E-state index contributed by atoms with van der Waals surface area (Å²) in [5.41, 5.74) is 0.556. The first-order chi connectivity index (χ1) is 6.51. The number of hydrogen-bond acceptors (Lipinski definition) is 1. The first-order valence-electron chi connectivity index (χ1n) is 5.00. The van der Waals surface area contributed by atoms with Gasteiger partial charge in [0, 0.05) is 5.56 Å². The topological polar surface area (TPSA) is 20.2 Å². The number of rotatable bonds is 1. The fourth-order valence-corrected chi connectivity index (χ4v) is 2.31. The van der Waals surface area contributed by atoms with Gasteiger partial charge in [-0.1, -0.05) is 24.6 Å². The van der Waals surface area contributed by atoms with Crippen molar-refractivity contribution in [1.82, 2.24) is 0 Å². The molecular weight excluding hydrogens is 179 g/mol. The maximum atomic E-state index is 13.5. The zero-order valence-corrected chi connectivity index (χ0v) is 8.55. The lowest BCUT2D eigenvalue weighted by Gasteiger charge is -2.42. The van der Waals surface area contributed by atoms with Crippen LogP contribution in [0.25, 0.3) is 0 Å². The number of aryl methyl sites for hydroxylation is 1. The molecule has 0 atom stereocenters. The molecule has 1 aliphatic rings. The Kier molecular flexibility index (Phi) is 2.11. The maximum absolute atomic E-state index is 13.5. The zero-order valence-electron chi connectivity index (χ0n) is 8.55. The highest BCUT2D eigenvalue weighted by Gasteiger charge is 2.43. The highest BCUT2D eigenvalue weighted by molar-refractivity contribution is 5.31. The zero-order chi connectivity index (χ0) is 10.3. The van der Waals surface area contributed by atoms with Crippen molar-refractivity contribution in [3.05, 3.63) is 35.1 Å². The van der Waals surface area contributed by atoms with Crippen molar-refractivity contribution in [3.8, 4) is 0 Å². The van der Waals surface area contributed by atoms with Crippen molar-refractivity contribution >= 4 is 0 Å². The van der Waals surface area contributed by atoms with Gasteiger partial charge in [-0.15, -0.1) is 0 Å². The van der Waals surface area contributed by atoms with Crippen LogP contribution in [0.15, 0.2) is 18.2 Å². The van der Waals surface area contributed by atoms with Crippen molar-refractivity contribution in [2.24, 2.45) is 5.92 Å². The third kappa shape index (κ3) is 1.44. The maximum Gasteiger partial charge on any atom is 0.129 e. The molecule has 0 amide bonds. The summed E-state index contributed by atoms with van der Waals surface area (Å²) in [7, 11) is 0. The second-order valence-electron chi connectivity index (χ2n) is 4.53. The van der Waals surface area contributed by atoms with E-state index >= 15 is 0 Å². The lowest BCUT2D eigenvalue weighted by Crippen LogP contribution is -2.40. The van der Waals surface area contributed by atoms with Gasteiger partial charge in [-0.25, -0.2) is 4.39 Å². The molecule has 14 heavy (non-hydrogen) atoms. The summed E-state index contributed by atoms with van der Waals surface area (Å²) in [6.07, 6.45) is 1.35. The fraction of sp³-hybridized carbons (Fsp3) is 0.500. The normalized spacial score (nSPS) is 31.3. The van der Waals surface area contributed by atoms with Gasteiger partial charge in [0.1, 0.15) is 5.82 Å². The molecule has 0 radical (unpaired) electrons. The van der Waals surface area contributed by atoms with E-state index in [1.807, 2.05) is 6.92 Å². The first-order valence-corrected chi connectivity index (χ1v) is 5.00. The molecule has 2 rings (SSSR count). The lowest BCUT2D eigenvalue weighted by atomic mass is 9.68. The number of benzene rings is 1. The van der Waals surface area contributed by atoms with E-state index in [-0.39, 0.29) is 5.82 Å². The van der Waals surface area contributed by atoms with Crippen molar-refractivity contribution < 1.29 is 9.50 Å². The molecule has 2 heteroatoms. The third-order valence-electron chi connectivity index (χ3n) is 3.00. The highest BCUT2D eigenvalue weighted by Crippen LogP contribution is 2.46. The fourth-order valence-electron chi connectivity index (χ4n) is 2.31. The SMILES string of the molecule is Cc1ccc(F)c(C2(O)CC(C)C2)c1. The first kappa shape index (κ1) is 9.66. The largest absolute Gasteiger partial charge is 0.385 e. The van der Waals surface area contributed by atoms with Gasteiger partial charge in [0.15, 0.2) is 0 Å². The smallest absolute Gasteiger partial charge is 0.129 e. The van der Waals surface area contributed by atoms with Crippen LogP contribution in [0.5, 0.6) is 0 Å². The summed E-state index contributed by atoms with van der Waals surface area (Å²) >= 11 is 0. The average Bonchev–Trinajstić information content (AvgIpc) is 2.07. The molecule has 0 heterocycles. The van der Waals surface area contributed by atoms with E-state index in [9.17, 15) is 9.50 Å². The number of halogens is 1. The Morgan fingerprint density at radius 3 is 2.64 bits per heavy atom. The molecular formula is C12H15FO. The molecule has 0 bridgehead atoms. The van der Waals surface area contributed by atoms with Gasteiger partial charge in [-0.3, -0.25) is 0 Å². The van der Waals surface area contributed by atoms with E-state index in [2.05, 4.69) is 6.92 Å². The van der Waals surface area contributed by atoms with E-state index < -0.39 is 5.60 Å². The third-order valence-corrected chi connectivity index (χ3v) is 3.00. The van der Waals surface area contributed by atoms with Gasteiger partial charge in [0.2, 0.25) is 0 Å². The monoisotopic (exact) mass is 194 g/mol. The minimum Gasteiger partial charge on any atom is -0.385 e. The second-order valence-corrected chi connectivity index (χ2v) is 4.53. The van der Waals surface area contributed by atoms with Crippen molar-refractivity contribution in [2.45, 2.75) is 32.3 Å². The molecule has 0 saturated heterocycles. The van der Waals surface area contributed by atoms with Crippen LogP contribution in [0.3, 0.4) is 0 Å². The van der Waals surface area contributed by atoms with Crippen molar-refractivity contribution in [3.63, 3.8) is 0 Å². The van der Waals surface area contributed by atoms with Gasteiger partial charge >= 0.3 is 0 Å². The van der Waals surface area contributed by atoms with E-state index in [1.165, 1.54) is 6.07 Å². The van der Waals surface area contributed by atoms with Crippen LogP contribution in [0.2, 0.25) is 0 Å². The lowest BCUT2D eigenvalue weighted by molar-refractivity contribution is -0.0763. The number of aliphatic hydroxyl groups is 1. The highest BCUT2D eigenvalue weighted by atomic mass is 19.1. The molecule has 0 aliphatic heterocycles. The van der Waals surface area contributed by atoms with Crippen LogP contribution in [0.4, 0.5) is 4.39 Å². The minimum atomic E-state index is -0.907. The van der Waals surface area contributed by atoms with Crippen LogP contribution in [0, 0.1) is 18.7 Å². The molecule has 0 unspecified atom stereocenters. The standard InChI is InChI=1S/C12H15FO/c1-8-3-4-11(13)10(5-8)12(14)6-9(2)7-12/h3-5,9,14H,6-7H2,1-2H3. The average molecular weight is 194 g/mol. The quantitative estimate of drug-likeness (QED) is 0.728. The van der Waals surface area contributed by atoms with Gasteiger partial charge in [-0.05, 0) is 31.7 Å². The summed E-state index contributed by atoms with van der Waals surface area (Å²) in [4.78, 5) is 0. The molecule has 1 N–H and O–H groups in total. The predicted octanol–water partition coefficient (Wildman–Crippen LogP) is 2.75.